The van der Waals surface area contributed by atoms with Crippen LogP contribution >= 0.6 is 0 Å². The van der Waals surface area contributed by atoms with Gasteiger partial charge in [-0.05, 0) is 32.9 Å². The number of carbonyl (C=O) groups is 1. The highest BCUT2D eigenvalue weighted by Gasteiger charge is 2.23. The lowest BCUT2D eigenvalue weighted by Gasteiger charge is -2.36. The van der Waals surface area contributed by atoms with Crippen LogP contribution in [0.5, 0.6) is 0 Å². The first-order valence-corrected chi connectivity index (χ1v) is 6.83. The van der Waals surface area contributed by atoms with Crippen LogP contribution < -0.4 is 5.32 Å². The molecule has 1 N–H and O–H groups in total. The highest BCUT2D eigenvalue weighted by atomic mass is 16.5. The molecule has 5 heteroatoms. The van der Waals surface area contributed by atoms with Crippen LogP contribution in [-0.4, -0.2) is 42.6 Å². The van der Waals surface area contributed by atoms with Crippen molar-refractivity contribution in [2.45, 2.75) is 39.4 Å². The Morgan fingerprint density at radius 3 is 3.05 bits per heavy atom. The van der Waals surface area contributed by atoms with Crippen molar-refractivity contribution in [3.8, 4) is 0 Å². The van der Waals surface area contributed by atoms with Gasteiger partial charge >= 0.3 is 5.97 Å². The fourth-order valence-corrected chi connectivity index (χ4v) is 2.29. The van der Waals surface area contributed by atoms with E-state index in [1.54, 1.807) is 13.0 Å². The third-order valence-electron chi connectivity index (χ3n) is 3.39. The van der Waals surface area contributed by atoms with Crippen LogP contribution in [0.3, 0.4) is 0 Å². The van der Waals surface area contributed by atoms with Gasteiger partial charge in [0.05, 0.1) is 13.2 Å². The van der Waals surface area contributed by atoms with E-state index in [1.807, 2.05) is 6.07 Å². The van der Waals surface area contributed by atoms with Crippen LogP contribution in [0.15, 0.2) is 16.5 Å². The molecule has 1 aliphatic heterocycles. The number of carbonyl (C=O) groups excluding carboxylic acids is 1. The Morgan fingerprint density at radius 2 is 2.32 bits per heavy atom. The topological polar surface area (TPSA) is 54.7 Å². The standard InChI is InChI=1S/C14H22N2O3/c1-4-18-14(17)13-6-5-12(19-13)9-16-8-10(2)15-7-11(16)3/h5-6,10-11,15H,4,7-9H2,1-3H3. The molecule has 0 spiro atoms. The van der Waals surface area contributed by atoms with Crippen molar-refractivity contribution < 1.29 is 13.9 Å². The summed E-state index contributed by atoms with van der Waals surface area (Å²) >= 11 is 0. The quantitative estimate of drug-likeness (QED) is 0.840. The lowest BCUT2D eigenvalue weighted by Crippen LogP contribution is -2.53. The first-order valence-electron chi connectivity index (χ1n) is 6.83. The average molecular weight is 266 g/mol. The van der Waals surface area contributed by atoms with Gasteiger partial charge in [0.25, 0.3) is 0 Å². The van der Waals surface area contributed by atoms with Crippen LogP contribution in [-0.2, 0) is 11.3 Å². The van der Waals surface area contributed by atoms with Crippen molar-refractivity contribution in [2.75, 3.05) is 19.7 Å². The van der Waals surface area contributed by atoms with Crippen LogP contribution in [0.4, 0.5) is 0 Å². The number of hydrogen-bond donors (Lipinski definition) is 1. The second-order valence-electron chi connectivity index (χ2n) is 5.07. The van der Waals surface area contributed by atoms with Crippen LogP contribution in [0.1, 0.15) is 37.1 Å². The van der Waals surface area contributed by atoms with Gasteiger partial charge in [0.2, 0.25) is 5.76 Å². The van der Waals surface area contributed by atoms with E-state index in [-0.39, 0.29) is 5.76 Å². The molecule has 1 aromatic heterocycles. The van der Waals surface area contributed by atoms with Gasteiger partial charge in [-0.15, -0.1) is 0 Å². The summed E-state index contributed by atoms with van der Waals surface area (Å²) in [5, 5.41) is 3.44. The normalized spacial score (nSPS) is 24.4. The SMILES string of the molecule is CCOC(=O)c1ccc(CN2CC(C)NCC2C)o1. The van der Waals surface area contributed by atoms with Gasteiger partial charge < -0.3 is 14.5 Å². The molecule has 2 unspecified atom stereocenters. The number of ether oxygens (including phenoxy) is 1. The third kappa shape index (κ3) is 3.58. The maximum absolute atomic E-state index is 11.5. The summed E-state index contributed by atoms with van der Waals surface area (Å²) in [7, 11) is 0. The monoisotopic (exact) mass is 266 g/mol. The van der Waals surface area contributed by atoms with Gasteiger partial charge in [-0.1, -0.05) is 0 Å². The average Bonchev–Trinajstić information content (AvgIpc) is 2.83. The molecule has 1 aromatic rings. The summed E-state index contributed by atoms with van der Waals surface area (Å²) < 4.78 is 10.5. The largest absolute Gasteiger partial charge is 0.460 e. The minimum absolute atomic E-state index is 0.285. The lowest BCUT2D eigenvalue weighted by atomic mass is 10.1. The molecule has 1 aliphatic rings. The molecule has 0 amide bonds. The number of nitrogens with zero attached hydrogens (tertiary/aromatic N) is 1. The smallest absolute Gasteiger partial charge is 0.374 e. The summed E-state index contributed by atoms with van der Waals surface area (Å²) in [6, 6.07) is 4.48. The fraction of sp³-hybridized carbons (Fsp3) is 0.643. The van der Waals surface area contributed by atoms with E-state index in [0.717, 1.165) is 25.4 Å². The Kier molecular flexibility index (Phi) is 4.61. The Hall–Kier alpha value is -1.33. The fourth-order valence-electron chi connectivity index (χ4n) is 2.29. The number of furan rings is 1. The van der Waals surface area contributed by atoms with Gasteiger partial charge in [0.15, 0.2) is 0 Å². The van der Waals surface area contributed by atoms with Crippen LogP contribution in [0, 0.1) is 0 Å². The summed E-state index contributed by atoms with van der Waals surface area (Å²) in [6.45, 7) is 9.20. The summed E-state index contributed by atoms with van der Waals surface area (Å²) in [5.74, 6) is 0.701. The van der Waals surface area contributed by atoms with E-state index < -0.39 is 5.97 Å². The van der Waals surface area contributed by atoms with Crippen LogP contribution in [0.25, 0.3) is 0 Å². The maximum atomic E-state index is 11.5. The van der Waals surface area contributed by atoms with Gasteiger partial charge in [0, 0.05) is 25.2 Å². The van der Waals surface area contributed by atoms with Crippen molar-refractivity contribution in [3.63, 3.8) is 0 Å². The summed E-state index contributed by atoms with van der Waals surface area (Å²) in [6.07, 6.45) is 0. The molecule has 5 nitrogen and oxygen atoms in total. The Labute approximate surface area is 113 Å². The van der Waals surface area contributed by atoms with Crippen molar-refractivity contribution in [1.29, 1.82) is 0 Å². The first kappa shape index (κ1) is 14.1. The predicted octanol–water partition coefficient (Wildman–Crippen LogP) is 1.64. The van der Waals surface area contributed by atoms with E-state index in [2.05, 4.69) is 24.1 Å². The second kappa shape index (κ2) is 6.21. The molecule has 19 heavy (non-hydrogen) atoms. The highest BCUT2D eigenvalue weighted by Crippen LogP contribution is 2.15. The number of hydrogen-bond acceptors (Lipinski definition) is 5. The molecule has 106 valence electrons. The molecule has 1 fully saturated rings. The van der Waals surface area contributed by atoms with Crippen LogP contribution in [0.2, 0.25) is 0 Å². The van der Waals surface area contributed by atoms with E-state index in [0.29, 0.717) is 18.7 Å². The molecule has 0 bridgehead atoms. The molecule has 0 aliphatic carbocycles. The minimum Gasteiger partial charge on any atom is -0.460 e. The van der Waals surface area contributed by atoms with Crippen molar-refractivity contribution >= 4 is 5.97 Å². The summed E-state index contributed by atoms with van der Waals surface area (Å²) in [5.41, 5.74) is 0. The maximum Gasteiger partial charge on any atom is 0.374 e. The van der Waals surface area contributed by atoms with E-state index >= 15 is 0 Å². The molecule has 0 saturated carbocycles. The van der Waals surface area contributed by atoms with Gasteiger partial charge in [-0.3, -0.25) is 4.90 Å². The van der Waals surface area contributed by atoms with E-state index in [9.17, 15) is 4.79 Å². The van der Waals surface area contributed by atoms with Gasteiger partial charge in [0.1, 0.15) is 5.76 Å². The highest BCUT2D eigenvalue weighted by molar-refractivity contribution is 5.86. The second-order valence-corrected chi connectivity index (χ2v) is 5.07. The zero-order valence-corrected chi connectivity index (χ0v) is 11.8. The number of piperazine rings is 1. The minimum atomic E-state index is -0.393. The lowest BCUT2D eigenvalue weighted by molar-refractivity contribution is 0.0484. The van der Waals surface area contributed by atoms with E-state index in [1.165, 1.54) is 0 Å². The van der Waals surface area contributed by atoms with Crippen molar-refractivity contribution in [1.82, 2.24) is 10.2 Å². The third-order valence-corrected chi connectivity index (χ3v) is 3.39. The molecular formula is C14H22N2O3. The van der Waals surface area contributed by atoms with Gasteiger partial charge in [-0.25, -0.2) is 4.79 Å². The number of esters is 1. The molecule has 1 saturated heterocycles. The molecule has 0 radical (unpaired) electrons. The molecular weight excluding hydrogens is 244 g/mol. The molecule has 2 rings (SSSR count). The number of rotatable bonds is 4. The number of nitrogens with one attached hydrogen (secondary N) is 1. The molecule has 2 heterocycles. The van der Waals surface area contributed by atoms with Crippen molar-refractivity contribution in [2.24, 2.45) is 0 Å². The van der Waals surface area contributed by atoms with Crippen molar-refractivity contribution in [3.05, 3.63) is 23.7 Å². The summed E-state index contributed by atoms with van der Waals surface area (Å²) in [4.78, 5) is 13.9. The van der Waals surface area contributed by atoms with E-state index in [4.69, 9.17) is 9.15 Å². The Bertz CT molecular complexity index is 430. The Balaban J connectivity index is 1.97. The van der Waals surface area contributed by atoms with Gasteiger partial charge in [-0.2, -0.15) is 0 Å². The molecule has 0 aromatic carbocycles. The zero-order valence-electron chi connectivity index (χ0n) is 11.8. The molecule has 2 atom stereocenters. The first-order chi connectivity index (χ1) is 9.10. The predicted molar refractivity (Wildman–Crippen MR) is 72.0 cm³/mol. The zero-order chi connectivity index (χ0) is 13.8. The Morgan fingerprint density at radius 1 is 1.53 bits per heavy atom.